The molecular weight excluding hydrogens is 352 g/mol. The van der Waals surface area contributed by atoms with Crippen molar-refractivity contribution >= 4 is 39.4 Å². The quantitative estimate of drug-likeness (QED) is 0.821. The van der Waals surface area contributed by atoms with Crippen LogP contribution >= 0.6 is 15.9 Å². The van der Waals surface area contributed by atoms with E-state index >= 15 is 0 Å². The zero-order valence-corrected chi connectivity index (χ0v) is 13.9. The fraction of sp³-hybridized carbons (Fsp3) is 0.400. The van der Waals surface area contributed by atoms with Crippen molar-refractivity contribution in [1.29, 1.82) is 0 Å². The van der Waals surface area contributed by atoms with Crippen molar-refractivity contribution in [2.75, 3.05) is 18.5 Å². The highest BCUT2D eigenvalue weighted by Crippen LogP contribution is 2.28. The molecule has 1 aromatic rings. The number of carbonyl (C=O) groups excluding carboxylic acids is 2. The number of likely N-dealkylation sites (N-methyl/N-ethyl adjacent to an activating group) is 1. The highest BCUT2D eigenvalue weighted by atomic mass is 79.9. The third-order valence-corrected chi connectivity index (χ3v) is 4.40. The van der Waals surface area contributed by atoms with Gasteiger partial charge in [0.25, 0.3) is 0 Å². The molecule has 6 nitrogen and oxygen atoms in total. The monoisotopic (exact) mass is 368 g/mol. The molecule has 1 fully saturated rings. The molecular formula is C15H17BrN2O4. The smallest absolute Gasteiger partial charge is 0.326 e. The first-order valence-corrected chi connectivity index (χ1v) is 7.68. The summed E-state index contributed by atoms with van der Waals surface area (Å²) in [5, 5.41) is 8.98. The van der Waals surface area contributed by atoms with Crippen LogP contribution < -0.4 is 4.90 Å². The fourth-order valence-corrected chi connectivity index (χ4v) is 2.80. The number of carboxylic acids is 1. The van der Waals surface area contributed by atoms with Crippen LogP contribution in [-0.4, -0.2) is 47.4 Å². The first kappa shape index (κ1) is 16.5. The Balaban J connectivity index is 2.14. The number of carboxylic acid groups (broad SMARTS) is 1. The van der Waals surface area contributed by atoms with Crippen LogP contribution in [0.2, 0.25) is 0 Å². The van der Waals surface area contributed by atoms with Crippen molar-refractivity contribution < 1.29 is 19.5 Å². The van der Waals surface area contributed by atoms with Crippen LogP contribution in [0.4, 0.5) is 5.69 Å². The third-order valence-electron chi connectivity index (χ3n) is 3.91. The minimum atomic E-state index is -1.09. The Hall–Kier alpha value is -1.89. The second kappa shape index (κ2) is 6.48. The van der Waals surface area contributed by atoms with Crippen molar-refractivity contribution in [2.24, 2.45) is 5.92 Å². The van der Waals surface area contributed by atoms with Gasteiger partial charge < -0.3 is 14.9 Å². The summed E-state index contributed by atoms with van der Waals surface area (Å²) in [6.07, 6.45) is 0.390. The van der Waals surface area contributed by atoms with E-state index in [0.29, 0.717) is 13.0 Å². The lowest BCUT2D eigenvalue weighted by Gasteiger charge is -2.24. The number of carbonyl (C=O) groups is 3. The molecule has 0 bridgehead atoms. The zero-order chi connectivity index (χ0) is 16.4. The van der Waals surface area contributed by atoms with Gasteiger partial charge in [0.05, 0.1) is 0 Å². The molecule has 1 saturated heterocycles. The van der Waals surface area contributed by atoms with Gasteiger partial charge in [0.1, 0.15) is 12.0 Å². The third kappa shape index (κ3) is 3.14. The number of aliphatic carboxylic acids is 1. The second-order valence-electron chi connectivity index (χ2n) is 5.27. The summed E-state index contributed by atoms with van der Waals surface area (Å²) < 4.78 is 0.851. The summed E-state index contributed by atoms with van der Waals surface area (Å²) in [4.78, 5) is 38.5. The van der Waals surface area contributed by atoms with E-state index < -0.39 is 23.8 Å². The lowest BCUT2D eigenvalue weighted by atomic mass is 10.1. The maximum absolute atomic E-state index is 12.5. The number of hydrogen-bond donors (Lipinski definition) is 1. The van der Waals surface area contributed by atoms with Gasteiger partial charge in [-0.15, -0.1) is 0 Å². The molecule has 7 heteroatoms. The van der Waals surface area contributed by atoms with Gasteiger partial charge in [-0.3, -0.25) is 9.59 Å². The number of halogens is 1. The van der Waals surface area contributed by atoms with E-state index in [0.717, 1.165) is 15.1 Å². The van der Waals surface area contributed by atoms with Gasteiger partial charge in [-0.2, -0.15) is 0 Å². The number of nitrogens with zero attached hydrogens (tertiary/aromatic N) is 2. The average Bonchev–Trinajstić information content (AvgIpc) is 2.86. The Morgan fingerprint density at radius 3 is 2.73 bits per heavy atom. The first-order chi connectivity index (χ1) is 10.3. The van der Waals surface area contributed by atoms with Crippen molar-refractivity contribution in [2.45, 2.75) is 19.4 Å². The van der Waals surface area contributed by atoms with Gasteiger partial charge in [-0.1, -0.05) is 22.0 Å². The van der Waals surface area contributed by atoms with Gasteiger partial charge in [-0.05, 0) is 31.5 Å². The normalized spacial score (nSPS) is 19.1. The van der Waals surface area contributed by atoms with E-state index in [1.165, 1.54) is 14.0 Å². The molecule has 0 saturated carbocycles. The van der Waals surface area contributed by atoms with Crippen molar-refractivity contribution in [3.05, 3.63) is 28.7 Å². The predicted octanol–water partition coefficient (Wildman–Crippen LogP) is 1.73. The van der Waals surface area contributed by atoms with Crippen LogP contribution in [-0.2, 0) is 14.4 Å². The van der Waals surface area contributed by atoms with E-state index in [9.17, 15) is 14.4 Å². The summed E-state index contributed by atoms with van der Waals surface area (Å²) in [5.74, 6) is -2.64. The van der Waals surface area contributed by atoms with E-state index in [1.807, 2.05) is 18.2 Å². The highest BCUT2D eigenvalue weighted by molar-refractivity contribution is 9.10. The molecule has 1 heterocycles. The minimum absolute atomic E-state index is 0.285. The molecule has 0 aliphatic carbocycles. The Labute approximate surface area is 136 Å². The standard InChI is InChI=1S/C15H17BrN2O4/c1-9(15(21)22)17(2)13(19)12-6-7-18(14(12)20)11-5-3-4-10(16)8-11/h3-5,8-9,12H,6-7H2,1-2H3,(H,21,22)/t9-,12-/m1/s1. The molecule has 0 aromatic heterocycles. The Kier molecular flexibility index (Phi) is 4.85. The van der Waals surface area contributed by atoms with E-state index in [-0.39, 0.29) is 5.91 Å². The number of anilines is 1. The largest absolute Gasteiger partial charge is 0.480 e. The van der Waals surface area contributed by atoms with Gasteiger partial charge in [0.15, 0.2) is 0 Å². The van der Waals surface area contributed by atoms with Crippen molar-refractivity contribution in [1.82, 2.24) is 4.90 Å². The van der Waals surface area contributed by atoms with Crippen LogP contribution in [0.25, 0.3) is 0 Å². The first-order valence-electron chi connectivity index (χ1n) is 6.89. The lowest BCUT2D eigenvalue weighted by molar-refractivity contribution is -0.151. The van der Waals surface area contributed by atoms with Gasteiger partial charge in [-0.25, -0.2) is 4.79 Å². The molecule has 1 N–H and O–H groups in total. The molecule has 1 aliphatic heterocycles. The SMILES string of the molecule is C[C@H](C(=O)O)N(C)C(=O)[C@H]1CCN(c2cccc(Br)c2)C1=O. The summed E-state index contributed by atoms with van der Waals surface area (Å²) in [6, 6.07) is 6.34. The minimum Gasteiger partial charge on any atom is -0.480 e. The molecule has 0 unspecified atom stereocenters. The molecule has 0 radical (unpaired) electrons. The van der Waals surface area contributed by atoms with Crippen LogP contribution in [0.1, 0.15) is 13.3 Å². The predicted molar refractivity (Wildman–Crippen MR) is 84.5 cm³/mol. The molecule has 2 rings (SSSR count). The van der Waals surface area contributed by atoms with Gasteiger partial charge >= 0.3 is 5.97 Å². The second-order valence-corrected chi connectivity index (χ2v) is 6.19. The fourth-order valence-electron chi connectivity index (χ4n) is 2.41. The molecule has 0 spiro atoms. The summed E-state index contributed by atoms with van der Waals surface area (Å²) in [6.45, 7) is 1.87. The van der Waals surface area contributed by atoms with Crippen LogP contribution in [0.5, 0.6) is 0 Å². The Morgan fingerprint density at radius 2 is 2.14 bits per heavy atom. The number of rotatable bonds is 4. The number of amides is 2. The molecule has 1 aromatic carbocycles. The van der Waals surface area contributed by atoms with E-state index in [1.54, 1.807) is 11.0 Å². The van der Waals surface area contributed by atoms with Gasteiger partial charge in [0.2, 0.25) is 11.8 Å². The van der Waals surface area contributed by atoms with E-state index in [4.69, 9.17) is 5.11 Å². The zero-order valence-electron chi connectivity index (χ0n) is 12.3. The Morgan fingerprint density at radius 1 is 1.45 bits per heavy atom. The van der Waals surface area contributed by atoms with Crippen LogP contribution in [0.15, 0.2) is 28.7 Å². The maximum Gasteiger partial charge on any atom is 0.326 e. The Bertz CT molecular complexity index is 619. The average molecular weight is 369 g/mol. The van der Waals surface area contributed by atoms with Crippen molar-refractivity contribution in [3.63, 3.8) is 0 Å². The molecule has 22 heavy (non-hydrogen) atoms. The van der Waals surface area contributed by atoms with Crippen LogP contribution in [0, 0.1) is 5.92 Å². The molecule has 118 valence electrons. The summed E-state index contributed by atoms with van der Waals surface area (Å²) >= 11 is 3.35. The van der Waals surface area contributed by atoms with Crippen molar-refractivity contribution in [3.8, 4) is 0 Å². The van der Waals surface area contributed by atoms with Gasteiger partial charge in [0, 0.05) is 23.8 Å². The highest BCUT2D eigenvalue weighted by Gasteiger charge is 2.40. The topological polar surface area (TPSA) is 77.9 Å². The lowest BCUT2D eigenvalue weighted by Crippen LogP contribution is -2.45. The summed E-state index contributed by atoms with van der Waals surface area (Å²) in [7, 11) is 1.41. The molecule has 2 atom stereocenters. The number of hydrogen-bond acceptors (Lipinski definition) is 3. The summed E-state index contributed by atoms with van der Waals surface area (Å²) in [5.41, 5.74) is 0.726. The molecule has 1 aliphatic rings. The molecule has 2 amide bonds. The van der Waals surface area contributed by atoms with Crippen LogP contribution in [0.3, 0.4) is 0 Å². The maximum atomic E-state index is 12.5. The van der Waals surface area contributed by atoms with E-state index in [2.05, 4.69) is 15.9 Å². The number of benzene rings is 1.